The zero-order valence-corrected chi connectivity index (χ0v) is 12.2. The van der Waals surface area contributed by atoms with Gasteiger partial charge in [-0.2, -0.15) is 0 Å². The molecule has 0 fully saturated rings. The molecule has 0 saturated heterocycles. The van der Waals surface area contributed by atoms with E-state index in [0.717, 1.165) is 0 Å². The van der Waals surface area contributed by atoms with Crippen LogP contribution in [0.25, 0.3) is 5.70 Å². The summed E-state index contributed by atoms with van der Waals surface area (Å²) in [5, 5.41) is -0.00368. The standard InChI is InChI=1S/C11H10Cl2N2O.C2H6/c1-3-5-8(6-4-2)15-7-9(12)14-10(13)11(15)16;1-2/h3-7H,1H2,2H3;1-2H3/b6-4-,8-5+;. The van der Waals surface area contributed by atoms with Gasteiger partial charge < -0.3 is 0 Å². The van der Waals surface area contributed by atoms with Crippen molar-refractivity contribution in [1.29, 1.82) is 0 Å². The Morgan fingerprint density at radius 2 is 2.06 bits per heavy atom. The van der Waals surface area contributed by atoms with Gasteiger partial charge in [-0.15, -0.1) is 0 Å². The number of rotatable bonds is 3. The van der Waals surface area contributed by atoms with Gasteiger partial charge in [-0.1, -0.05) is 55.8 Å². The largest absolute Gasteiger partial charge is 0.292 e. The van der Waals surface area contributed by atoms with Gasteiger partial charge in [0.05, 0.1) is 6.20 Å². The lowest BCUT2D eigenvalue weighted by Gasteiger charge is -2.06. The SMILES string of the molecule is C=C/C=C(\C=C/C)n1cc(Cl)nc(Cl)c1=O.CC. The Morgan fingerprint density at radius 1 is 1.44 bits per heavy atom. The van der Waals surface area contributed by atoms with Gasteiger partial charge >= 0.3 is 0 Å². The Kier molecular flexibility index (Phi) is 8.08. The minimum atomic E-state index is -0.419. The molecule has 1 rings (SSSR count). The van der Waals surface area contributed by atoms with Crippen LogP contribution in [0.2, 0.25) is 10.3 Å². The van der Waals surface area contributed by atoms with Crippen LogP contribution in [0.3, 0.4) is 0 Å². The number of hydrogen-bond donors (Lipinski definition) is 0. The molecule has 0 aliphatic carbocycles. The molecule has 0 atom stereocenters. The van der Waals surface area contributed by atoms with Crippen LogP contribution in [0, 0.1) is 0 Å². The minimum absolute atomic E-state index is 0.157. The molecule has 0 bridgehead atoms. The van der Waals surface area contributed by atoms with E-state index in [1.807, 2.05) is 20.8 Å². The first kappa shape index (κ1) is 16.7. The molecule has 1 aromatic heterocycles. The summed E-state index contributed by atoms with van der Waals surface area (Å²) < 4.78 is 1.32. The van der Waals surface area contributed by atoms with Crippen molar-refractivity contribution in [2.75, 3.05) is 0 Å². The van der Waals surface area contributed by atoms with Crippen molar-refractivity contribution in [3.8, 4) is 0 Å². The van der Waals surface area contributed by atoms with Crippen molar-refractivity contribution in [3.63, 3.8) is 0 Å². The molecule has 0 unspecified atom stereocenters. The van der Waals surface area contributed by atoms with E-state index in [2.05, 4.69) is 11.6 Å². The van der Waals surface area contributed by atoms with Gasteiger partial charge in [0.1, 0.15) is 5.15 Å². The van der Waals surface area contributed by atoms with E-state index in [1.54, 1.807) is 24.3 Å². The molecule has 0 aromatic carbocycles. The summed E-state index contributed by atoms with van der Waals surface area (Å²) in [4.78, 5) is 15.4. The Bertz CT molecular complexity index is 516. The average molecular weight is 287 g/mol. The molecule has 0 aliphatic heterocycles. The lowest BCUT2D eigenvalue weighted by atomic mass is 10.3. The van der Waals surface area contributed by atoms with Crippen molar-refractivity contribution in [2.45, 2.75) is 20.8 Å². The highest BCUT2D eigenvalue weighted by molar-refractivity contribution is 6.32. The normalized spacial score (nSPS) is 11.1. The topological polar surface area (TPSA) is 34.9 Å². The van der Waals surface area contributed by atoms with Gasteiger partial charge in [0.2, 0.25) is 0 Å². The van der Waals surface area contributed by atoms with E-state index in [0.29, 0.717) is 5.70 Å². The summed E-state index contributed by atoms with van der Waals surface area (Å²) in [5.74, 6) is 0. The third kappa shape index (κ3) is 4.51. The average Bonchev–Trinajstić information content (AvgIpc) is 2.36. The molecule has 0 aliphatic rings. The fourth-order valence-electron chi connectivity index (χ4n) is 1.13. The van der Waals surface area contributed by atoms with Gasteiger partial charge in [0.25, 0.3) is 5.56 Å². The van der Waals surface area contributed by atoms with Crippen molar-refractivity contribution >= 4 is 28.9 Å². The van der Waals surface area contributed by atoms with Gasteiger partial charge in [-0.25, -0.2) is 4.98 Å². The second-order valence-electron chi connectivity index (χ2n) is 2.86. The van der Waals surface area contributed by atoms with E-state index in [4.69, 9.17) is 23.2 Å². The number of nitrogens with zero attached hydrogens (tertiary/aromatic N) is 2. The monoisotopic (exact) mass is 286 g/mol. The maximum atomic E-state index is 11.7. The van der Waals surface area contributed by atoms with E-state index in [1.165, 1.54) is 10.8 Å². The van der Waals surface area contributed by atoms with Gasteiger partial charge in [-0.05, 0) is 19.1 Å². The number of halogens is 2. The summed E-state index contributed by atoms with van der Waals surface area (Å²) in [6, 6.07) is 0. The second kappa shape index (κ2) is 8.72. The van der Waals surface area contributed by atoms with Crippen LogP contribution in [0.15, 0.2) is 41.9 Å². The molecular formula is C13H16Cl2N2O. The van der Waals surface area contributed by atoms with Crippen LogP contribution in [-0.4, -0.2) is 9.55 Å². The maximum Gasteiger partial charge on any atom is 0.292 e. The highest BCUT2D eigenvalue weighted by Crippen LogP contribution is 2.11. The molecule has 18 heavy (non-hydrogen) atoms. The zero-order valence-electron chi connectivity index (χ0n) is 10.7. The van der Waals surface area contributed by atoms with E-state index >= 15 is 0 Å². The van der Waals surface area contributed by atoms with Gasteiger partial charge in [0.15, 0.2) is 5.15 Å². The zero-order chi connectivity index (χ0) is 14.1. The molecule has 0 spiro atoms. The quantitative estimate of drug-likeness (QED) is 0.782. The van der Waals surface area contributed by atoms with Crippen LogP contribution in [-0.2, 0) is 0 Å². The molecule has 1 aromatic rings. The predicted molar refractivity (Wildman–Crippen MR) is 79.1 cm³/mol. The summed E-state index contributed by atoms with van der Waals surface area (Å²) >= 11 is 11.4. The highest BCUT2D eigenvalue weighted by Gasteiger charge is 2.06. The molecular weight excluding hydrogens is 271 g/mol. The van der Waals surface area contributed by atoms with Crippen molar-refractivity contribution < 1.29 is 0 Å². The Morgan fingerprint density at radius 3 is 2.56 bits per heavy atom. The molecule has 98 valence electrons. The van der Waals surface area contributed by atoms with E-state index in [9.17, 15) is 4.79 Å². The second-order valence-corrected chi connectivity index (χ2v) is 3.60. The third-order valence-electron chi connectivity index (χ3n) is 1.74. The maximum absolute atomic E-state index is 11.7. The molecule has 5 heteroatoms. The lowest BCUT2D eigenvalue weighted by molar-refractivity contribution is 0.987. The third-order valence-corrected chi connectivity index (χ3v) is 2.17. The first-order valence-electron chi connectivity index (χ1n) is 5.50. The Labute approximate surface area is 117 Å². The number of allylic oxidation sites excluding steroid dienone is 5. The van der Waals surface area contributed by atoms with Gasteiger partial charge in [-0.3, -0.25) is 9.36 Å². The number of aromatic nitrogens is 2. The van der Waals surface area contributed by atoms with Crippen LogP contribution < -0.4 is 5.56 Å². The molecule has 0 amide bonds. The molecule has 1 heterocycles. The van der Waals surface area contributed by atoms with E-state index < -0.39 is 5.56 Å². The fraction of sp³-hybridized carbons (Fsp3) is 0.231. The van der Waals surface area contributed by atoms with Crippen LogP contribution in [0.5, 0.6) is 0 Å². The predicted octanol–water partition coefficient (Wildman–Crippen LogP) is 4.18. The summed E-state index contributed by atoms with van der Waals surface area (Å²) in [7, 11) is 0. The summed E-state index contributed by atoms with van der Waals surface area (Å²) in [5.41, 5.74) is 0.200. The number of hydrogen-bond acceptors (Lipinski definition) is 2. The lowest BCUT2D eigenvalue weighted by Crippen LogP contribution is -2.19. The van der Waals surface area contributed by atoms with Crippen LogP contribution in [0.1, 0.15) is 20.8 Å². The first-order valence-corrected chi connectivity index (χ1v) is 6.26. The van der Waals surface area contributed by atoms with Crippen molar-refractivity contribution in [3.05, 3.63) is 57.7 Å². The summed E-state index contributed by atoms with van der Waals surface area (Å²) in [6.45, 7) is 9.42. The fourth-order valence-corrected chi connectivity index (χ4v) is 1.54. The van der Waals surface area contributed by atoms with Crippen LogP contribution in [0.4, 0.5) is 0 Å². The Hall–Kier alpha value is -1.32. The molecule has 3 nitrogen and oxygen atoms in total. The smallest absolute Gasteiger partial charge is 0.279 e. The summed E-state index contributed by atoms with van der Waals surface area (Å²) in [6.07, 6.45) is 8.20. The molecule has 0 radical (unpaired) electrons. The van der Waals surface area contributed by atoms with Crippen molar-refractivity contribution in [1.82, 2.24) is 9.55 Å². The van der Waals surface area contributed by atoms with Crippen molar-refractivity contribution in [2.24, 2.45) is 0 Å². The van der Waals surface area contributed by atoms with E-state index in [-0.39, 0.29) is 10.3 Å². The van der Waals surface area contributed by atoms with Gasteiger partial charge in [0, 0.05) is 5.70 Å². The Balaban J connectivity index is 0.00000137. The first-order chi connectivity index (χ1) is 8.60. The molecule has 0 saturated carbocycles. The molecule has 0 N–H and O–H groups in total. The highest BCUT2D eigenvalue weighted by atomic mass is 35.5. The van der Waals surface area contributed by atoms with Crippen LogP contribution >= 0.6 is 23.2 Å². The minimum Gasteiger partial charge on any atom is -0.279 e.